The fourth-order valence-corrected chi connectivity index (χ4v) is 2.25. The normalized spacial score (nSPS) is 11.0. The molecule has 0 N–H and O–H groups in total. The predicted molar refractivity (Wildman–Crippen MR) is 96.0 cm³/mol. The molecule has 0 fully saturated rings. The van der Waals surface area contributed by atoms with Crippen molar-refractivity contribution in [3.05, 3.63) is 52.3 Å². The van der Waals surface area contributed by atoms with Crippen LogP contribution in [0.15, 0.2) is 35.6 Å². The molecule has 0 bridgehead atoms. The van der Waals surface area contributed by atoms with Crippen molar-refractivity contribution in [2.75, 3.05) is 13.6 Å². The smallest absolute Gasteiger partial charge is 0.138 e. The van der Waals surface area contributed by atoms with E-state index in [0.29, 0.717) is 11.6 Å². The SMILES string of the molecule is CCN(C)C=Nc1cc(Cl)cc(COc2cncc(C)c2)c1C. The molecule has 1 heterocycles. The third-order valence-electron chi connectivity index (χ3n) is 3.59. The van der Waals surface area contributed by atoms with Crippen LogP contribution in [0.5, 0.6) is 5.75 Å². The molecule has 1 aromatic carbocycles. The van der Waals surface area contributed by atoms with Gasteiger partial charge in [0.15, 0.2) is 0 Å². The molecule has 2 rings (SSSR count). The maximum absolute atomic E-state index is 6.22. The van der Waals surface area contributed by atoms with Gasteiger partial charge in [0.1, 0.15) is 12.4 Å². The third kappa shape index (κ3) is 4.96. The third-order valence-corrected chi connectivity index (χ3v) is 3.81. The Morgan fingerprint density at radius 2 is 2.04 bits per heavy atom. The Hall–Kier alpha value is -2.07. The molecule has 0 spiro atoms. The number of aliphatic imine (C=N–C) groups is 1. The van der Waals surface area contributed by atoms with E-state index in [1.165, 1.54) is 0 Å². The zero-order valence-corrected chi connectivity index (χ0v) is 14.8. The van der Waals surface area contributed by atoms with E-state index in [0.717, 1.165) is 34.7 Å². The van der Waals surface area contributed by atoms with Gasteiger partial charge in [-0.3, -0.25) is 4.98 Å². The highest BCUT2D eigenvalue weighted by molar-refractivity contribution is 6.31. The minimum atomic E-state index is 0.434. The van der Waals surface area contributed by atoms with E-state index in [-0.39, 0.29) is 0 Å². The number of ether oxygens (including phenoxy) is 1. The predicted octanol–water partition coefficient (Wildman–Crippen LogP) is 4.54. The highest BCUT2D eigenvalue weighted by atomic mass is 35.5. The van der Waals surface area contributed by atoms with Gasteiger partial charge in [-0.1, -0.05) is 11.6 Å². The quantitative estimate of drug-likeness (QED) is 0.576. The summed E-state index contributed by atoms with van der Waals surface area (Å²) in [4.78, 5) is 10.7. The van der Waals surface area contributed by atoms with E-state index >= 15 is 0 Å². The number of hydrogen-bond donors (Lipinski definition) is 0. The zero-order valence-electron chi connectivity index (χ0n) is 14.0. The molecule has 5 heteroatoms. The topological polar surface area (TPSA) is 37.7 Å². The minimum Gasteiger partial charge on any atom is -0.487 e. The average molecular weight is 332 g/mol. The zero-order chi connectivity index (χ0) is 16.8. The second kappa shape index (κ2) is 7.97. The molecule has 4 nitrogen and oxygen atoms in total. The number of nitrogens with zero attached hydrogens (tertiary/aromatic N) is 3. The number of aryl methyl sites for hydroxylation is 1. The van der Waals surface area contributed by atoms with E-state index < -0.39 is 0 Å². The van der Waals surface area contributed by atoms with E-state index in [4.69, 9.17) is 16.3 Å². The summed E-state index contributed by atoms with van der Waals surface area (Å²) in [7, 11) is 1.98. The number of aromatic nitrogens is 1. The Labute approximate surface area is 142 Å². The molecule has 1 aromatic heterocycles. The number of hydrogen-bond acceptors (Lipinski definition) is 3. The number of pyridine rings is 1. The van der Waals surface area contributed by atoms with Gasteiger partial charge in [-0.25, -0.2) is 4.99 Å². The number of rotatable bonds is 6. The summed E-state index contributed by atoms with van der Waals surface area (Å²) in [5, 5.41) is 0.655. The van der Waals surface area contributed by atoms with E-state index in [1.54, 1.807) is 12.4 Å². The Morgan fingerprint density at radius 1 is 1.26 bits per heavy atom. The van der Waals surface area contributed by atoms with Crippen molar-refractivity contribution in [2.45, 2.75) is 27.4 Å². The summed E-state index contributed by atoms with van der Waals surface area (Å²) < 4.78 is 5.83. The van der Waals surface area contributed by atoms with Gasteiger partial charge in [-0.15, -0.1) is 0 Å². The summed E-state index contributed by atoms with van der Waals surface area (Å²) >= 11 is 6.22. The van der Waals surface area contributed by atoms with Crippen LogP contribution >= 0.6 is 11.6 Å². The van der Waals surface area contributed by atoms with Crippen LogP contribution in [-0.2, 0) is 6.61 Å². The molecular formula is C18H22ClN3O. The van der Waals surface area contributed by atoms with E-state index in [1.807, 2.05) is 50.3 Å². The molecule has 0 atom stereocenters. The molecule has 0 saturated heterocycles. The van der Waals surface area contributed by atoms with Crippen LogP contribution in [0.3, 0.4) is 0 Å². The highest BCUT2D eigenvalue weighted by Gasteiger charge is 2.07. The van der Waals surface area contributed by atoms with Gasteiger partial charge in [-0.2, -0.15) is 0 Å². The second-order valence-electron chi connectivity index (χ2n) is 5.51. The van der Waals surface area contributed by atoms with Gasteiger partial charge < -0.3 is 9.64 Å². The summed E-state index contributed by atoms with van der Waals surface area (Å²) in [6, 6.07) is 5.75. The van der Waals surface area contributed by atoms with Crippen LogP contribution in [0.25, 0.3) is 0 Å². The lowest BCUT2D eigenvalue weighted by Crippen LogP contribution is -2.14. The van der Waals surface area contributed by atoms with Gasteiger partial charge in [0.05, 0.1) is 18.2 Å². The number of halogens is 1. The first-order valence-corrected chi connectivity index (χ1v) is 7.95. The first-order valence-electron chi connectivity index (χ1n) is 7.57. The minimum absolute atomic E-state index is 0.434. The summed E-state index contributed by atoms with van der Waals surface area (Å²) in [5.74, 6) is 0.750. The van der Waals surface area contributed by atoms with Crippen LogP contribution < -0.4 is 4.74 Å². The molecule has 0 aliphatic carbocycles. The van der Waals surface area contributed by atoms with Gasteiger partial charge in [0, 0.05) is 24.8 Å². The Morgan fingerprint density at radius 3 is 2.74 bits per heavy atom. The molecule has 0 aliphatic heterocycles. The largest absolute Gasteiger partial charge is 0.487 e. The van der Waals surface area contributed by atoms with Gasteiger partial charge in [-0.05, 0) is 55.7 Å². The van der Waals surface area contributed by atoms with Crippen molar-refractivity contribution in [1.29, 1.82) is 0 Å². The van der Waals surface area contributed by atoms with E-state index in [2.05, 4.69) is 16.9 Å². The maximum Gasteiger partial charge on any atom is 0.138 e. The first kappa shape index (κ1) is 17.3. The summed E-state index contributed by atoms with van der Waals surface area (Å²) in [6.45, 7) is 7.43. The first-order chi connectivity index (χ1) is 11.0. The van der Waals surface area contributed by atoms with Crippen molar-refractivity contribution in [1.82, 2.24) is 9.88 Å². The van der Waals surface area contributed by atoms with Crippen LogP contribution in [0.1, 0.15) is 23.6 Å². The maximum atomic E-state index is 6.22. The lowest BCUT2D eigenvalue weighted by molar-refractivity contribution is 0.304. The van der Waals surface area contributed by atoms with Crippen LogP contribution in [0, 0.1) is 13.8 Å². The molecule has 0 radical (unpaired) electrons. The second-order valence-corrected chi connectivity index (χ2v) is 5.95. The lowest BCUT2D eigenvalue weighted by atomic mass is 10.1. The number of benzene rings is 1. The fraction of sp³-hybridized carbons (Fsp3) is 0.333. The average Bonchev–Trinajstić information content (AvgIpc) is 2.53. The Balaban J connectivity index is 2.18. The molecule has 0 amide bonds. The van der Waals surface area contributed by atoms with Crippen molar-refractivity contribution in [3.63, 3.8) is 0 Å². The molecule has 0 saturated carbocycles. The lowest BCUT2D eigenvalue weighted by Gasteiger charge is -2.13. The van der Waals surface area contributed by atoms with Crippen LogP contribution in [-0.4, -0.2) is 29.8 Å². The van der Waals surface area contributed by atoms with E-state index in [9.17, 15) is 0 Å². The van der Waals surface area contributed by atoms with Crippen molar-refractivity contribution < 1.29 is 4.74 Å². The molecule has 23 heavy (non-hydrogen) atoms. The van der Waals surface area contributed by atoms with Gasteiger partial charge in [0.2, 0.25) is 0 Å². The molecular weight excluding hydrogens is 310 g/mol. The summed E-state index contributed by atoms with van der Waals surface area (Å²) in [5.41, 5.74) is 4.01. The molecule has 0 aliphatic rings. The van der Waals surface area contributed by atoms with Crippen molar-refractivity contribution >= 4 is 23.6 Å². The van der Waals surface area contributed by atoms with Gasteiger partial charge >= 0.3 is 0 Å². The van der Waals surface area contributed by atoms with Crippen LogP contribution in [0.4, 0.5) is 5.69 Å². The van der Waals surface area contributed by atoms with Gasteiger partial charge in [0.25, 0.3) is 0 Å². The fourth-order valence-electron chi connectivity index (χ4n) is 2.01. The standard InChI is InChI=1S/C18H22ClN3O/c1-5-22(4)12-21-18-8-16(19)7-15(14(18)3)11-23-17-6-13(2)9-20-10-17/h6-10,12H,5,11H2,1-4H3. The summed E-state index contributed by atoms with van der Waals surface area (Å²) in [6.07, 6.45) is 5.32. The Bertz CT molecular complexity index is 701. The Kier molecular flexibility index (Phi) is 5.99. The van der Waals surface area contributed by atoms with Crippen LogP contribution in [0.2, 0.25) is 5.02 Å². The molecule has 2 aromatic rings. The van der Waals surface area contributed by atoms with Crippen molar-refractivity contribution in [2.24, 2.45) is 4.99 Å². The molecule has 122 valence electrons. The molecule has 0 unspecified atom stereocenters. The van der Waals surface area contributed by atoms with Crippen molar-refractivity contribution in [3.8, 4) is 5.75 Å². The highest BCUT2D eigenvalue weighted by Crippen LogP contribution is 2.28. The monoisotopic (exact) mass is 331 g/mol.